The Kier molecular flexibility index (Phi) is 6.47. The van der Waals surface area contributed by atoms with Crippen LogP contribution in [0.25, 0.3) is 5.65 Å². The second-order valence-electron chi connectivity index (χ2n) is 11.9. The summed E-state index contributed by atoms with van der Waals surface area (Å²) in [5.41, 5.74) is 3.71. The van der Waals surface area contributed by atoms with Gasteiger partial charge in [0.25, 0.3) is 0 Å². The lowest BCUT2D eigenvalue weighted by atomic mass is 9.69. The minimum Gasteiger partial charge on any atom is -0.444 e. The Balaban J connectivity index is 1.55. The van der Waals surface area contributed by atoms with E-state index >= 15 is 0 Å². The molecule has 0 radical (unpaired) electrons. The van der Waals surface area contributed by atoms with Crippen molar-refractivity contribution >= 4 is 11.7 Å². The molecule has 182 valence electrons. The van der Waals surface area contributed by atoms with Gasteiger partial charge in [-0.15, -0.1) is 0 Å². The van der Waals surface area contributed by atoms with Gasteiger partial charge in [0.1, 0.15) is 11.7 Å². The Morgan fingerprint density at radius 1 is 1.09 bits per heavy atom. The maximum atomic E-state index is 12.6. The summed E-state index contributed by atoms with van der Waals surface area (Å²) in [4.78, 5) is 19.1. The van der Waals surface area contributed by atoms with Crippen LogP contribution in [0.1, 0.15) is 96.3 Å². The normalized spacial score (nSPS) is 24.8. The summed E-state index contributed by atoms with van der Waals surface area (Å²) in [5, 5.41) is 5.01. The molecule has 4 rings (SSSR count). The molecule has 7 nitrogen and oxygen atoms in total. The number of carbonyl (C=O) groups is 1. The molecule has 0 spiro atoms. The topological polar surface area (TPSA) is 69.0 Å². The van der Waals surface area contributed by atoms with Crippen LogP contribution in [0, 0.1) is 18.3 Å². The van der Waals surface area contributed by atoms with Crippen molar-refractivity contribution in [1.29, 1.82) is 0 Å². The van der Waals surface area contributed by atoms with E-state index in [2.05, 4.69) is 26.8 Å². The number of nitrogens with zero attached hydrogens (tertiary/aromatic N) is 4. The fourth-order valence-electron chi connectivity index (χ4n) is 5.15. The number of morpholine rings is 1. The highest BCUT2D eigenvalue weighted by atomic mass is 16.6. The quantitative estimate of drug-likeness (QED) is 0.583. The molecule has 2 fully saturated rings. The molecule has 2 aromatic heterocycles. The average molecular weight is 457 g/mol. The molecule has 1 saturated carbocycles. The highest BCUT2D eigenvalue weighted by Gasteiger charge is 2.33. The van der Waals surface area contributed by atoms with Crippen LogP contribution >= 0.6 is 0 Å². The first-order valence-electron chi connectivity index (χ1n) is 12.4. The Bertz CT molecular complexity index is 993. The third-order valence-corrected chi connectivity index (χ3v) is 7.02. The first-order chi connectivity index (χ1) is 15.4. The van der Waals surface area contributed by atoms with Crippen LogP contribution < -0.4 is 0 Å². The van der Waals surface area contributed by atoms with E-state index in [1.54, 1.807) is 4.90 Å². The molecule has 0 aromatic carbocycles. The lowest BCUT2D eigenvalue weighted by Gasteiger charge is -2.36. The van der Waals surface area contributed by atoms with Crippen molar-refractivity contribution in [3.8, 4) is 0 Å². The molecule has 1 atom stereocenters. The number of hydrogen-bond acceptors (Lipinski definition) is 5. The van der Waals surface area contributed by atoms with Crippen molar-refractivity contribution in [1.82, 2.24) is 19.5 Å². The maximum Gasteiger partial charge on any atom is 0.410 e. The van der Waals surface area contributed by atoms with Crippen LogP contribution in [0.4, 0.5) is 4.79 Å². The van der Waals surface area contributed by atoms with Crippen molar-refractivity contribution in [2.24, 2.45) is 11.3 Å². The van der Waals surface area contributed by atoms with Gasteiger partial charge in [-0.2, -0.15) is 5.10 Å². The van der Waals surface area contributed by atoms with Crippen LogP contribution in [0.3, 0.4) is 0 Å². The summed E-state index contributed by atoms with van der Waals surface area (Å²) in [6, 6.07) is 4.18. The largest absolute Gasteiger partial charge is 0.444 e. The fourth-order valence-corrected chi connectivity index (χ4v) is 5.15. The van der Waals surface area contributed by atoms with Crippen molar-refractivity contribution in [2.45, 2.75) is 91.8 Å². The van der Waals surface area contributed by atoms with Crippen LogP contribution in [0.2, 0.25) is 0 Å². The Morgan fingerprint density at radius 2 is 1.79 bits per heavy atom. The van der Waals surface area contributed by atoms with Gasteiger partial charge in [0.2, 0.25) is 0 Å². The fraction of sp³-hybridized carbons (Fsp3) is 0.731. The lowest BCUT2D eigenvalue weighted by Crippen LogP contribution is -2.45. The van der Waals surface area contributed by atoms with E-state index < -0.39 is 5.60 Å². The van der Waals surface area contributed by atoms with Crippen molar-refractivity contribution < 1.29 is 14.3 Å². The predicted octanol–water partition coefficient (Wildman–Crippen LogP) is 5.67. The van der Waals surface area contributed by atoms with E-state index in [0.29, 0.717) is 31.0 Å². The number of rotatable bonds is 2. The maximum absolute atomic E-state index is 12.6. The molecule has 0 unspecified atom stereocenters. The van der Waals surface area contributed by atoms with Gasteiger partial charge in [-0.25, -0.2) is 14.3 Å². The van der Waals surface area contributed by atoms with Gasteiger partial charge in [0.15, 0.2) is 5.65 Å². The highest BCUT2D eigenvalue weighted by Crippen LogP contribution is 2.43. The van der Waals surface area contributed by atoms with Gasteiger partial charge in [0.05, 0.1) is 24.5 Å². The van der Waals surface area contributed by atoms with E-state index in [9.17, 15) is 4.79 Å². The van der Waals surface area contributed by atoms with E-state index in [1.165, 1.54) is 25.7 Å². The smallest absolute Gasteiger partial charge is 0.410 e. The summed E-state index contributed by atoms with van der Waals surface area (Å²) in [6.45, 7) is 16.2. The second-order valence-corrected chi connectivity index (χ2v) is 11.9. The summed E-state index contributed by atoms with van der Waals surface area (Å²) >= 11 is 0. The number of amides is 1. The molecular weight excluding hydrogens is 416 g/mol. The zero-order valence-electron chi connectivity index (χ0n) is 21.4. The van der Waals surface area contributed by atoms with Crippen molar-refractivity contribution in [2.75, 3.05) is 19.7 Å². The molecular formula is C26H40N4O3. The Hall–Kier alpha value is -2.15. The molecule has 1 aliphatic carbocycles. The van der Waals surface area contributed by atoms with Gasteiger partial charge in [-0.05, 0) is 70.8 Å². The molecule has 1 aliphatic heterocycles. The summed E-state index contributed by atoms with van der Waals surface area (Å²) in [6.07, 6.45) is 4.28. The standard InChI is InChI=1S/C26H40N4O3/c1-17-14-21(22-16-29(12-13-32-22)24(31)33-26(5,6)7)30-23(27-17)15-20(28-30)18-8-10-19(11-9-18)25(2,3)4/h14-15,18-19,22H,8-13,16H2,1-7H3/t18-,19-,22-/m1/s1. The van der Waals surface area contributed by atoms with Gasteiger partial charge in [-0.3, -0.25) is 0 Å². The van der Waals surface area contributed by atoms with E-state index in [4.69, 9.17) is 19.6 Å². The SMILES string of the molecule is Cc1cc([C@H]2CN(C(=O)OC(C)(C)C)CCO2)n2nc([C@H]3CC[C@H](C(C)(C)C)CC3)cc2n1. The number of hydrogen-bond donors (Lipinski definition) is 0. The van der Waals surface area contributed by atoms with E-state index in [1.807, 2.05) is 38.3 Å². The first-order valence-corrected chi connectivity index (χ1v) is 12.4. The number of carbonyl (C=O) groups excluding carboxylic acids is 1. The molecule has 7 heteroatoms. The van der Waals surface area contributed by atoms with Crippen molar-refractivity contribution in [3.05, 3.63) is 29.2 Å². The molecule has 0 bridgehead atoms. The van der Waals surface area contributed by atoms with Crippen LogP contribution in [0.5, 0.6) is 0 Å². The zero-order valence-corrected chi connectivity index (χ0v) is 21.4. The minimum absolute atomic E-state index is 0.264. The predicted molar refractivity (Wildman–Crippen MR) is 128 cm³/mol. The number of aryl methyl sites for hydroxylation is 1. The molecule has 0 N–H and O–H groups in total. The molecule has 1 amide bonds. The lowest BCUT2D eigenvalue weighted by molar-refractivity contribution is -0.0454. The second kappa shape index (κ2) is 8.90. The Morgan fingerprint density at radius 3 is 2.42 bits per heavy atom. The first kappa shape index (κ1) is 24.0. The summed E-state index contributed by atoms with van der Waals surface area (Å²) < 4.78 is 13.6. The number of ether oxygens (including phenoxy) is 2. The molecule has 33 heavy (non-hydrogen) atoms. The van der Waals surface area contributed by atoms with Crippen LogP contribution in [-0.4, -0.2) is 50.9 Å². The highest BCUT2D eigenvalue weighted by molar-refractivity contribution is 5.68. The van der Waals surface area contributed by atoms with Gasteiger partial charge >= 0.3 is 6.09 Å². The third-order valence-electron chi connectivity index (χ3n) is 7.02. The van der Waals surface area contributed by atoms with Crippen LogP contribution in [0.15, 0.2) is 12.1 Å². The van der Waals surface area contributed by atoms with Gasteiger partial charge in [-0.1, -0.05) is 20.8 Å². The van der Waals surface area contributed by atoms with Gasteiger partial charge in [0, 0.05) is 24.2 Å². The Labute approximate surface area is 197 Å². The van der Waals surface area contributed by atoms with Crippen LogP contribution in [-0.2, 0) is 9.47 Å². The zero-order chi connectivity index (χ0) is 24.0. The molecule has 2 aliphatic rings. The summed E-state index contributed by atoms with van der Waals surface area (Å²) in [7, 11) is 0. The van der Waals surface area contributed by atoms with E-state index in [-0.39, 0.29) is 12.2 Å². The summed E-state index contributed by atoms with van der Waals surface area (Å²) in [5.74, 6) is 1.25. The van der Waals surface area contributed by atoms with E-state index in [0.717, 1.165) is 28.6 Å². The van der Waals surface area contributed by atoms with Crippen molar-refractivity contribution in [3.63, 3.8) is 0 Å². The molecule has 2 aromatic rings. The minimum atomic E-state index is -0.520. The number of fused-ring (bicyclic) bond motifs is 1. The van der Waals surface area contributed by atoms with Gasteiger partial charge < -0.3 is 14.4 Å². The third kappa shape index (κ3) is 5.51. The monoisotopic (exact) mass is 456 g/mol. The molecule has 1 saturated heterocycles. The average Bonchev–Trinajstić information content (AvgIpc) is 3.15. The number of aromatic nitrogens is 3. The molecule has 3 heterocycles.